The van der Waals surface area contributed by atoms with Crippen molar-refractivity contribution in [3.05, 3.63) is 24.3 Å². The summed E-state index contributed by atoms with van der Waals surface area (Å²) in [6.45, 7) is 4.44. The van der Waals surface area contributed by atoms with Crippen molar-refractivity contribution < 1.29 is 4.79 Å². The van der Waals surface area contributed by atoms with Gasteiger partial charge in [-0.1, -0.05) is 0 Å². The Morgan fingerprint density at radius 1 is 1.40 bits per heavy atom. The van der Waals surface area contributed by atoms with Gasteiger partial charge in [0.1, 0.15) is 0 Å². The summed E-state index contributed by atoms with van der Waals surface area (Å²) in [5, 5.41) is 6.00. The summed E-state index contributed by atoms with van der Waals surface area (Å²) in [7, 11) is 0. The second-order valence-electron chi connectivity index (χ2n) is 3.46. The van der Waals surface area contributed by atoms with E-state index in [2.05, 4.69) is 17.6 Å². The van der Waals surface area contributed by atoms with Crippen LogP contribution in [0.3, 0.4) is 0 Å². The number of carbonyl (C=O) groups is 1. The molecule has 2 rings (SSSR count). The van der Waals surface area contributed by atoms with Crippen molar-refractivity contribution in [1.82, 2.24) is 5.32 Å². The summed E-state index contributed by atoms with van der Waals surface area (Å²) in [5.41, 5.74) is 2.03. The number of rotatable bonds is 3. The average molecular weight is 205 g/mol. The zero-order valence-corrected chi connectivity index (χ0v) is 8.79. The molecule has 1 aromatic carbocycles. The predicted molar refractivity (Wildman–Crippen MR) is 61.4 cm³/mol. The Balaban J connectivity index is 2.12. The first kappa shape index (κ1) is 9.83. The number of carbonyl (C=O) groups excluding carboxylic acids is 1. The molecule has 1 fully saturated rings. The van der Waals surface area contributed by atoms with E-state index < -0.39 is 0 Å². The fraction of sp³-hybridized carbons (Fsp3) is 0.364. The van der Waals surface area contributed by atoms with E-state index in [-0.39, 0.29) is 6.03 Å². The van der Waals surface area contributed by atoms with E-state index in [1.54, 1.807) is 4.90 Å². The first-order valence-electron chi connectivity index (χ1n) is 5.20. The fourth-order valence-electron chi connectivity index (χ4n) is 1.68. The molecule has 0 saturated carbocycles. The van der Waals surface area contributed by atoms with Crippen LogP contribution in [0.25, 0.3) is 0 Å². The van der Waals surface area contributed by atoms with Crippen LogP contribution >= 0.6 is 0 Å². The van der Waals surface area contributed by atoms with E-state index in [0.29, 0.717) is 0 Å². The summed E-state index contributed by atoms with van der Waals surface area (Å²) in [6.07, 6.45) is 0. The lowest BCUT2D eigenvalue weighted by Gasteiger charge is -2.14. The minimum Gasteiger partial charge on any atom is -0.385 e. The van der Waals surface area contributed by atoms with Gasteiger partial charge in [-0.3, -0.25) is 4.90 Å². The van der Waals surface area contributed by atoms with Crippen molar-refractivity contribution in [2.45, 2.75) is 6.92 Å². The number of anilines is 2. The normalized spacial score (nSPS) is 15.3. The van der Waals surface area contributed by atoms with Gasteiger partial charge in [0.15, 0.2) is 0 Å². The Hall–Kier alpha value is -1.71. The first-order chi connectivity index (χ1) is 7.31. The highest BCUT2D eigenvalue weighted by Gasteiger charge is 2.20. The number of nitrogens with one attached hydrogen (secondary N) is 2. The highest BCUT2D eigenvalue weighted by atomic mass is 16.2. The molecule has 4 nitrogen and oxygen atoms in total. The molecule has 2 N–H and O–H groups in total. The summed E-state index contributed by atoms with van der Waals surface area (Å²) in [5.74, 6) is 0. The van der Waals surface area contributed by atoms with Gasteiger partial charge in [0.05, 0.1) is 0 Å². The van der Waals surface area contributed by atoms with Gasteiger partial charge in [-0.2, -0.15) is 0 Å². The second-order valence-corrected chi connectivity index (χ2v) is 3.46. The van der Waals surface area contributed by atoms with Gasteiger partial charge in [0, 0.05) is 31.0 Å². The number of hydrogen-bond acceptors (Lipinski definition) is 2. The molecule has 15 heavy (non-hydrogen) atoms. The lowest BCUT2D eigenvalue weighted by atomic mass is 10.2. The molecular formula is C11H15N3O. The number of urea groups is 1. The van der Waals surface area contributed by atoms with Crippen LogP contribution < -0.4 is 15.5 Å². The summed E-state index contributed by atoms with van der Waals surface area (Å²) in [6, 6.07) is 7.90. The largest absolute Gasteiger partial charge is 0.385 e. The predicted octanol–water partition coefficient (Wildman–Crippen LogP) is 1.65. The molecule has 4 heteroatoms. The Morgan fingerprint density at radius 2 is 2.13 bits per heavy atom. The molecule has 2 amide bonds. The first-order valence-corrected chi connectivity index (χ1v) is 5.20. The van der Waals surface area contributed by atoms with E-state index in [0.717, 1.165) is 31.0 Å². The highest BCUT2D eigenvalue weighted by Crippen LogP contribution is 2.19. The van der Waals surface area contributed by atoms with Gasteiger partial charge < -0.3 is 10.6 Å². The molecule has 80 valence electrons. The van der Waals surface area contributed by atoms with Gasteiger partial charge in [0.25, 0.3) is 0 Å². The molecule has 0 aliphatic carbocycles. The molecule has 0 atom stereocenters. The van der Waals surface area contributed by atoms with Crippen LogP contribution in [0.4, 0.5) is 16.2 Å². The van der Waals surface area contributed by atoms with Crippen molar-refractivity contribution in [3.8, 4) is 0 Å². The molecule has 1 heterocycles. The molecule has 0 radical (unpaired) electrons. The van der Waals surface area contributed by atoms with Crippen LogP contribution in [0.5, 0.6) is 0 Å². The highest BCUT2D eigenvalue weighted by molar-refractivity contribution is 5.94. The quantitative estimate of drug-likeness (QED) is 0.788. The van der Waals surface area contributed by atoms with E-state index >= 15 is 0 Å². The fourth-order valence-corrected chi connectivity index (χ4v) is 1.68. The maximum Gasteiger partial charge on any atom is 0.321 e. The number of amides is 2. The van der Waals surface area contributed by atoms with Crippen LogP contribution in [0.15, 0.2) is 24.3 Å². The lowest BCUT2D eigenvalue weighted by molar-refractivity contribution is 0.252. The van der Waals surface area contributed by atoms with Crippen LogP contribution in [-0.4, -0.2) is 25.7 Å². The van der Waals surface area contributed by atoms with Gasteiger partial charge in [0.2, 0.25) is 0 Å². The molecule has 0 unspecified atom stereocenters. The smallest absolute Gasteiger partial charge is 0.321 e. The number of benzene rings is 1. The van der Waals surface area contributed by atoms with Crippen LogP contribution in [-0.2, 0) is 0 Å². The third kappa shape index (κ3) is 2.03. The Bertz CT molecular complexity index is 347. The Morgan fingerprint density at radius 3 is 2.67 bits per heavy atom. The maximum atomic E-state index is 11.4. The third-order valence-corrected chi connectivity index (χ3v) is 2.42. The third-order valence-electron chi connectivity index (χ3n) is 2.42. The van der Waals surface area contributed by atoms with Crippen LogP contribution in [0.1, 0.15) is 6.92 Å². The van der Waals surface area contributed by atoms with Crippen molar-refractivity contribution in [1.29, 1.82) is 0 Å². The average Bonchev–Trinajstić information content (AvgIpc) is 2.66. The van der Waals surface area contributed by atoms with E-state index in [4.69, 9.17) is 0 Å². The molecule has 0 spiro atoms. The Kier molecular flexibility index (Phi) is 2.76. The van der Waals surface area contributed by atoms with Gasteiger partial charge in [-0.25, -0.2) is 4.79 Å². The zero-order valence-electron chi connectivity index (χ0n) is 8.79. The minimum atomic E-state index is -0.00815. The Labute approximate surface area is 89.3 Å². The van der Waals surface area contributed by atoms with Crippen LogP contribution in [0, 0.1) is 0 Å². The molecule has 1 aromatic rings. The zero-order chi connectivity index (χ0) is 10.7. The van der Waals surface area contributed by atoms with Gasteiger partial charge in [-0.05, 0) is 31.2 Å². The molecule has 1 saturated heterocycles. The van der Waals surface area contributed by atoms with Gasteiger partial charge >= 0.3 is 6.03 Å². The molecule has 1 aliphatic heterocycles. The SMILES string of the molecule is CCNc1ccc(N2CCNC2=O)cc1. The van der Waals surface area contributed by atoms with Crippen molar-refractivity contribution in [3.63, 3.8) is 0 Å². The molecule has 1 aliphatic rings. The van der Waals surface area contributed by atoms with Crippen molar-refractivity contribution >= 4 is 17.4 Å². The topological polar surface area (TPSA) is 44.4 Å². The molecular weight excluding hydrogens is 190 g/mol. The number of nitrogens with zero attached hydrogens (tertiary/aromatic N) is 1. The monoisotopic (exact) mass is 205 g/mol. The van der Waals surface area contributed by atoms with E-state index in [1.165, 1.54) is 0 Å². The minimum absolute atomic E-state index is 0.00815. The van der Waals surface area contributed by atoms with E-state index in [1.807, 2.05) is 24.3 Å². The van der Waals surface area contributed by atoms with Crippen molar-refractivity contribution in [2.24, 2.45) is 0 Å². The second kappa shape index (κ2) is 4.21. The van der Waals surface area contributed by atoms with E-state index in [9.17, 15) is 4.79 Å². The summed E-state index contributed by atoms with van der Waals surface area (Å²) in [4.78, 5) is 13.1. The lowest BCUT2D eigenvalue weighted by Crippen LogP contribution is -2.27. The number of hydrogen-bond donors (Lipinski definition) is 2. The van der Waals surface area contributed by atoms with Gasteiger partial charge in [-0.15, -0.1) is 0 Å². The van der Waals surface area contributed by atoms with Crippen LogP contribution in [0.2, 0.25) is 0 Å². The van der Waals surface area contributed by atoms with Crippen molar-refractivity contribution in [2.75, 3.05) is 29.9 Å². The molecule has 0 bridgehead atoms. The maximum absolute atomic E-state index is 11.4. The summed E-state index contributed by atoms with van der Waals surface area (Å²) >= 11 is 0. The standard InChI is InChI=1S/C11H15N3O/c1-2-12-9-3-5-10(6-4-9)14-8-7-13-11(14)15/h3-6,12H,2,7-8H2,1H3,(H,13,15). The molecule has 0 aromatic heterocycles. The summed E-state index contributed by atoms with van der Waals surface area (Å²) < 4.78 is 0.